The van der Waals surface area contributed by atoms with Crippen LogP contribution < -0.4 is 5.32 Å². The van der Waals surface area contributed by atoms with Gasteiger partial charge in [-0.05, 0) is 50.3 Å². The van der Waals surface area contributed by atoms with Gasteiger partial charge in [0, 0.05) is 44.8 Å². The number of ether oxygens (including phenoxy) is 1. The highest BCUT2D eigenvalue weighted by atomic mass is 32.2. The molecular weight excluding hydrogens is 523 g/mol. The van der Waals surface area contributed by atoms with Gasteiger partial charge in [0.15, 0.2) is 0 Å². The van der Waals surface area contributed by atoms with Gasteiger partial charge < -0.3 is 19.7 Å². The number of benzene rings is 1. The Morgan fingerprint density at radius 3 is 2.85 bits per heavy atom. The van der Waals surface area contributed by atoms with Crippen LogP contribution >= 0.6 is 11.8 Å². The molecule has 2 aliphatic rings. The van der Waals surface area contributed by atoms with Gasteiger partial charge in [-0.2, -0.15) is 16.9 Å². The number of nitrogens with one attached hydrogen (secondary N) is 1. The van der Waals surface area contributed by atoms with Crippen LogP contribution in [-0.4, -0.2) is 78.0 Å². The molecule has 218 valence electrons. The highest BCUT2D eigenvalue weighted by Gasteiger charge is 2.35. The van der Waals surface area contributed by atoms with Crippen molar-refractivity contribution in [2.75, 3.05) is 39.5 Å². The Kier molecular flexibility index (Phi) is 11.5. The van der Waals surface area contributed by atoms with Crippen LogP contribution in [0.15, 0.2) is 30.5 Å². The molecule has 1 saturated carbocycles. The van der Waals surface area contributed by atoms with Crippen molar-refractivity contribution in [3.05, 3.63) is 41.7 Å². The number of rotatable bonds is 11. The molecule has 0 bridgehead atoms. The number of aryl methyl sites for hydroxylation is 1. The molecule has 1 aromatic carbocycles. The van der Waals surface area contributed by atoms with E-state index in [4.69, 9.17) is 9.84 Å². The molecule has 0 radical (unpaired) electrons. The largest absolute Gasteiger partial charge is 0.392 e. The summed E-state index contributed by atoms with van der Waals surface area (Å²) in [7, 11) is 3.72. The molecule has 40 heavy (non-hydrogen) atoms. The van der Waals surface area contributed by atoms with Crippen LogP contribution in [0, 0.1) is 17.8 Å². The Morgan fingerprint density at radius 1 is 1.32 bits per heavy atom. The predicted octanol–water partition coefficient (Wildman–Crippen LogP) is 5.46. The first-order chi connectivity index (χ1) is 19.4. The number of carbonyl (C=O) groups excluding carboxylic acids is 1. The average Bonchev–Trinajstić information content (AvgIpc) is 3.22. The first-order valence-corrected chi connectivity index (χ1v) is 16.0. The second-order valence-corrected chi connectivity index (χ2v) is 12.3. The van der Waals surface area contributed by atoms with Crippen molar-refractivity contribution in [3.8, 4) is 11.8 Å². The molecule has 0 spiro atoms. The molecule has 8 heteroatoms. The maximum atomic E-state index is 15.4. The van der Waals surface area contributed by atoms with E-state index >= 15 is 4.39 Å². The second-order valence-electron chi connectivity index (χ2n) is 11.3. The minimum absolute atomic E-state index is 0.157. The van der Waals surface area contributed by atoms with Crippen LogP contribution in [0.3, 0.4) is 0 Å². The number of likely N-dealkylation sites (tertiary alicyclic amines) is 1. The number of carbonyl (C=O) groups is 1. The molecule has 4 rings (SSSR count). The summed E-state index contributed by atoms with van der Waals surface area (Å²) in [6, 6.07) is 5.92. The fourth-order valence-corrected chi connectivity index (χ4v) is 7.17. The van der Waals surface area contributed by atoms with Gasteiger partial charge in [-0.15, -0.1) is 0 Å². The van der Waals surface area contributed by atoms with Crippen molar-refractivity contribution in [1.82, 2.24) is 20.0 Å². The Balaban J connectivity index is 1.41. The third kappa shape index (κ3) is 7.69. The monoisotopic (exact) mass is 568 g/mol. The number of allylic oxidation sites excluding steroid dienone is 1. The van der Waals surface area contributed by atoms with Crippen molar-refractivity contribution in [3.63, 3.8) is 0 Å². The van der Waals surface area contributed by atoms with E-state index in [2.05, 4.69) is 28.6 Å². The second kappa shape index (κ2) is 15.0. The van der Waals surface area contributed by atoms with Gasteiger partial charge in [0.2, 0.25) is 0 Å². The number of aromatic nitrogens is 2. The smallest absolute Gasteiger partial charge is 0.129 e. The lowest BCUT2D eigenvalue weighted by Crippen LogP contribution is -2.38. The number of aldehydes is 1. The molecule has 1 N–H and O–H groups in total. The molecule has 0 amide bonds. The van der Waals surface area contributed by atoms with Crippen LogP contribution in [0.2, 0.25) is 0 Å². The number of alkyl halides is 1. The molecule has 6 nitrogen and oxygen atoms in total. The van der Waals surface area contributed by atoms with Crippen molar-refractivity contribution in [2.24, 2.45) is 13.0 Å². The van der Waals surface area contributed by atoms with Crippen LogP contribution in [0.1, 0.15) is 68.5 Å². The third-order valence-electron chi connectivity index (χ3n) is 8.51. The van der Waals surface area contributed by atoms with E-state index in [9.17, 15) is 4.79 Å². The van der Waals surface area contributed by atoms with Crippen molar-refractivity contribution in [2.45, 2.75) is 74.8 Å². The maximum Gasteiger partial charge on any atom is 0.129 e. The highest BCUT2D eigenvalue weighted by molar-refractivity contribution is 7.99. The summed E-state index contributed by atoms with van der Waals surface area (Å²) in [5.74, 6) is 6.83. The summed E-state index contributed by atoms with van der Waals surface area (Å²) >= 11 is 1.57. The van der Waals surface area contributed by atoms with Crippen molar-refractivity contribution in [1.29, 1.82) is 0 Å². The van der Waals surface area contributed by atoms with Gasteiger partial charge in [-0.3, -0.25) is 4.68 Å². The lowest BCUT2D eigenvalue weighted by atomic mass is 9.89. The summed E-state index contributed by atoms with van der Waals surface area (Å²) in [6.07, 6.45) is 10.6. The van der Waals surface area contributed by atoms with Gasteiger partial charge in [0.25, 0.3) is 0 Å². The number of hydrogen-bond acceptors (Lipinski definition) is 6. The van der Waals surface area contributed by atoms with E-state index in [0.29, 0.717) is 25.3 Å². The summed E-state index contributed by atoms with van der Waals surface area (Å²) in [5, 5.41) is 8.50. The zero-order valence-corrected chi connectivity index (χ0v) is 25.1. The SMILES string of the molecule is C=C(CCC(C=O)c1nn(C)c2c(C#CCOC3CCN(CC4CCCCC4)CC(F)C3SC)cccc12)NC. The minimum Gasteiger partial charge on any atom is -0.392 e. The van der Waals surface area contributed by atoms with Crippen molar-refractivity contribution >= 4 is 29.0 Å². The number of hydrogen-bond donors (Lipinski definition) is 1. The van der Waals surface area contributed by atoms with Gasteiger partial charge in [0.1, 0.15) is 19.1 Å². The van der Waals surface area contributed by atoms with Crippen LogP contribution in [0.4, 0.5) is 4.39 Å². The number of nitrogens with zero attached hydrogens (tertiary/aromatic N) is 3. The molecule has 4 atom stereocenters. The Bertz CT molecular complexity index is 1200. The van der Waals surface area contributed by atoms with Crippen molar-refractivity contribution < 1.29 is 13.9 Å². The topological polar surface area (TPSA) is 59.4 Å². The van der Waals surface area contributed by atoms with Crippen LogP contribution in [0.25, 0.3) is 10.9 Å². The Labute approximate surface area is 243 Å². The van der Waals surface area contributed by atoms with Gasteiger partial charge in [0.05, 0.1) is 34.0 Å². The lowest BCUT2D eigenvalue weighted by molar-refractivity contribution is -0.109. The van der Waals surface area contributed by atoms with E-state index in [0.717, 1.165) is 53.7 Å². The fourth-order valence-electron chi connectivity index (χ4n) is 6.27. The zero-order valence-electron chi connectivity index (χ0n) is 24.3. The molecular formula is C32H45FN4O2S. The molecule has 1 aliphatic heterocycles. The zero-order chi connectivity index (χ0) is 28.5. The quantitative estimate of drug-likeness (QED) is 0.287. The number of para-hydroxylation sites is 1. The Morgan fingerprint density at radius 2 is 2.12 bits per heavy atom. The van der Waals surface area contributed by atoms with E-state index in [1.54, 1.807) is 11.8 Å². The first kappa shape index (κ1) is 30.6. The molecule has 2 fully saturated rings. The van der Waals surface area contributed by atoms with Gasteiger partial charge in [-0.1, -0.05) is 49.8 Å². The van der Waals surface area contributed by atoms with E-state index in [1.807, 2.05) is 43.2 Å². The number of fused-ring (bicyclic) bond motifs is 1. The van der Waals surface area contributed by atoms with Crippen LogP contribution in [-0.2, 0) is 16.6 Å². The molecule has 1 aliphatic carbocycles. The normalized spacial score (nSPS) is 23.2. The summed E-state index contributed by atoms with van der Waals surface area (Å²) in [6.45, 7) is 6.62. The predicted molar refractivity (Wildman–Crippen MR) is 163 cm³/mol. The molecule has 1 aromatic heterocycles. The van der Waals surface area contributed by atoms with E-state index in [-0.39, 0.29) is 23.9 Å². The molecule has 4 unspecified atom stereocenters. The molecule has 2 aromatic rings. The minimum atomic E-state index is -0.906. The lowest BCUT2D eigenvalue weighted by Gasteiger charge is -2.29. The van der Waals surface area contributed by atoms with E-state index < -0.39 is 6.17 Å². The van der Waals surface area contributed by atoms with Gasteiger partial charge in [-0.25, -0.2) is 4.39 Å². The summed E-state index contributed by atoms with van der Waals surface area (Å²) in [5.41, 5.74) is 3.41. The average molecular weight is 569 g/mol. The summed E-state index contributed by atoms with van der Waals surface area (Å²) in [4.78, 5) is 14.3. The highest BCUT2D eigenvalue weighted by Crippen LogP contribution is 2.31. The first-order valence-electron chi connectivity index (χ1n) is 14.7. The third-order valence-corrected chi connectivity index (χ3v) is 9.65. The fraction of sp³-hybridized carbons (Fsp3) is 0.625. The van der Waals surface area contributed by atoms with E-state index in [1.165, 1.54) is 32.1 Å². The molecule has 2 heterocycles. The summed E-state index contributed by atoms with van der Waals surface area (Å²) < 4.78 is 23.4. The maximum absolute atomic E-state index is 15.4. The van der Waals surface area contributed by atoms with Gasteiger partial charge >= 0.3 is 0 Å². The number of halogens is 1. The number of thioether (sulfide) groups is 1. The molecule has 1 saturated heterocycles. The Hall–Kier alpha value is -2.34. The van der Waals surface area contributed by atoms with Crippen LogP contribution in [0.5, 0.6) is 0 Å². The standard InChI is InChI=1S/C32H45FN4O2S/c1-23(34-2)15-16-26(22-38)30-27-14-8-12-25(31(27)36(3)35-30)13-9-19-39-29-17-18-37(21-28(33)32(29)40-4)20-24-10-6-5-7-11-24/h8,12,14,22,24,26,28-29,32,34H,1,5-7,10-11,15-21H2,2-4H3.